The van der Waals surface area contributed by atoms with Crippen molar-refractivity contribution in [3.8, 4) is 0 Å². The molecule has 2 aromatic rings. The fraction of sp³-hybridized carbons (Fsp3) is 0. The first kappa shape index (κ1) is 9.21. The van der Waals surface area contributed by atoms with Gasteiger partial charge in [0.05, 0.1) is 10.0 Å². The van der Waals surface area contributed by atoms with Gasteiger partial charge in [-0.05, 0) is 28.1 Å². The lowest BCUT2D eigenvalue weighted by Crippen LogP contribution is -1.93. The van der Waals surface area contributed by atoms with Crippen molar-refractivity contribution in [2.75, 3.05) is 0 Å². The van der Waals surface area contributed by atoms with Gasteiger partial charge in [0, 0.05) is 17.1 Å². The lowest BCUT2D eigenvalue weighted by atomic mass is 10.2. The summed E-state index contributed by atoms with van der Waals surface area (Å²) in [4.78, 5) is 13.5. The van der Waals surface area contributed by atoms with E-state index in [0.29, 0.717) is 15.4 Å². The average Bonchev–Trinajstić information content (AvgIpc) is 2.48. The molecule has 1 heterocycles. The van der Waals surface area contributed by atoms with E-state index in [1.165, 1.54) is 18.3 Å². The molecule has 0 radical (unpaired) electrons. The first-order chi connectivity index (χ1) is 6.59. The summed E-state index contributed by atoms with van der Waals surface area (Å²) in [6.45, 7) is 0. The molecule has 14 heavy (non-hydrogen) atoms. The van der Waals surface area contributed by atoms with Crippen LogP contribution in [0.4, 0.5) is 4.39 Å². The molecule has 0 fully saturated rings. The maximum atomic E-state index is 13.1. The Balaban J connectivity index is 2.80. The number of carboxylic acid groups (broad SMARTS) is 1. The maximum absolute atomic E-state index is 13.1. The SMILES string of the molecule is O=C(O)c1c[nH]c2cc(Br)c(F)cc12. The van der Waals surface area contributed by atoms with Crippen LogP contribution >= 0.6 is 15.9 Å². The molecule has 0 aliphatic carbocycles. The largest absolute Gasteiger partial charge is 0.478 e. The van der Waals surface area contributed by atoms with Gasteiger partial charge in [-0.1, -0.05) is 0 Å². The standard InChI is InChI=1S/C9H5BrFNO2/c10-6-2-8-4(1-7(6)11)5(3-12-8)9(13)14/h1-3,12H,(H,13,14). The van der Waals surface area contributed by atoms with Crippen LogP contribution in [0.3, 0.4) is 0 Å². The summed E-state index contributed by atoms with van der Waals surface area (Å²) in [6.07, 6.45) is 1.35. The molecule has 2 rings (SSSR count). The van der Waals surface area contributed by atoms with Crippen LogP contribution in [0, 0.1) is 5.82 Å². The van der Waals surface area contributed by atoms with Crippen LogP contribution in [0.5, 0.6) is 0 Å². The molecule has 2 N–H and O–H groups in total. The number of hydrogen-bond donors (Lipinski definition) is 2. The first-order valence-electron chi connectivity index (χ1n) is 3.79. The van der Waals surface area contributed by atoms with E-state index in [-0.39, 0.29) is 5.56 Å². The molecule has 0 atom stereocenters. The number of carboxylic acids is 1. The van der Waals surface area contributed by atoms with Gasteiger partial charge in [-0.2, -0.15) is 0 Å². The van der Waals surface area contributed by atoms with Crippen LogP contribution in [-0.2, 0) is 0 Å². The second-order valence-electron chi connectivity index (χ2n) is 2.82. The van der Waals surface area contributed by atoms with Crippen LogP contribution in [0.15, 0.2) is 22.8 Å². The van der Waals surface area contributed by atoms with Crippen LogP contribution in [0.1, 0.15) is 10.4 Å². The number of halogens is 2. The fourth-order valence-corrected chi connectivity index (χ4v) is 1.64. The van der Waals surface area contributed by atoms with Gasteiger partial charge in [0.1, 0.15) is 5.82 Å². The number of nitrogens with one attached hydrogen (secondary N) is 1. The Labute approximate surface area is 86.7 Å². The normalized spacial score (nSPS) is 10.7. The monoisotopic (exact) mass is 257 g/mol. The van der Waals surface area contributed by atoms with E-state index in [1.54, 1.807) is 0 Å². The fourth-order valence-electron chi connectivity index (χ4n) is 1.29. The highest BCUT2D eigenvalue weighted by molar-refractivity contribution is 9.10. The van der Waals surface area contributed by atoms with Crippen LogP contribution in [-0.4, -0.2) is 16.1 Å². The molecule has 0 amide bonds. The number of fused-ring (bicyclic) bond motifs is 1. The van der Waals surface area contributed by atoms with Gasteiger partial charge in [-0.15, -0.1) is 0 Å². The number of aromatic amines is 1. The van der Waals surface area contributed by atoms with Crippen LogP contribution in [0.2, 0.25) is 0 Å². The van der Waals surface area contributed by atoms with Gasteiger partial charge in [0.2, 0.25) is 0 Å². The molecular formula is C9H5BrFNO2. The minimum atomic E-state index is -1.07. The molecule has 0 aliphatic rings. The van der Waals surface area contributed by atoms with Crippen LogP contribution in [0.25, 0.3) is 10.9 Å². The number of aromatic nitrogens is 1. The van der Waals surface area contributed by atoms with Gasteiger partial charge in [0.25, 0.3) is 0 Å². The third kappa shape index (κ3) is 1.29. The predicted octanol–water partition coefficient (Wildman–Crippen LogP) is 2.77. The summed E-state index contributed by atoms with van der Waals surface area (Å²) >= 11 is 3.02. The van der Waals surface area contributed by atoms with Crippen molar-refractivity contribution >= 4 is 32.8 Å². The molecule has 72 valence electrons. The van der Waals surface area contributed by atoms with Crippen molar-refractivity contribution in [2.24, 2.45) is 0 Å². The molecule has 5 heteroatoms. The Kier molecular flexibility index (Phi) is 2.03. The first-order valence-corrected chi connectivity index (χ1v) is 4.58. The van der Waals surface area contributed by atoms with Gasteiger partial charge in [-0.3, -0.25) is 0 Å². The summed E-state index contributed by atoms with van der Waals surface area (Å²) in [7, 11) is 0. The quantitative estimate of drug-likeness (QED) is 0.826. The van der Waals surface area contributed by atoms with E-state index in [9.17, 15) is 9.18 Å². The lowest BCUT2D eigenvalue weighted by molar-refractivity contribution is 0.0699. The van der Waals surface area contributed by atoms with Crippen LogP contribution < -0.4 is 0 Å². The Morgan fingerprint density at radius 1 is 1.50 bits per heavy atom. The van der Waals surface area contributed by atoms with Gasteiger partial charge in [0.15, 0.2) is 0 Å². The summed E-state index contributed by atoms with van der Waals surface area (Å²) < 4.78 is 13.4. The van der Waals surface area contributed by atoms with Gasteiger partial charge >= 0.3 is 5.97 Å². The molecular weight excluding hydrogens is 253 g/mol. The molecule has 1 aromatic carbocycles. The second kappa shape index (κ2) is 3.09. The highest BCUT2D eigenvalue weighted by Gasteiger charge is 2.12. The maximum Gasteiger partial charge on any atom is 0.337 e. The van der Waals surface area contributed by atoms with Crippen molar-refractivity contribution in [2.45, 2.75) is 0 Å². The van der Waals surface area contributed by atoms with Crippen molar-refractivity contribution in [3.05, 3.63) is 34.2 Å². The molecule has 0 saturated heterocycles. The minimum Gasteiger partial charge on any atom is -0.478 e. The molecule has 0 aliphatic heterocycles. The number of hydrogen-bond acceptors (Lipinski definition) is 1. The van der Waals surface area contributed by atoms with Crippen molar-refractivity contribution < 1.29 is 14.3 Å². The summed E-state index contributed by atoms with van der Waals surface area (Å²) in [5, 5.41) is 9.15. The van der Waals surface area contributed by atoms with Gasteiger partial charge in [-0.25, -0.2) is 9.18 Å². The minimum absolute atomic E-state index is 0.0754. The molecule has 0 unspecified atom stereocenters. The third-order valence-corrected chi connectivity index (χ3v) is 2.56. The van der Waals surface area contributed by atoms with E-state index >= 15 is 0 Å². The number of aromatic carboxylic acids is 1. The van der Waals surface area contributed by atoms with Crippen molar-refractivity contribution in [3.63, 3.8) is 0 Å². The van der Waals surface area contributed by atoms with E-state index < -0.39 is 11.8 Å². The van der Waals surface area contributed by atoms with Gasteiger partial charge < -0.3 is 10.1 Å². The third-order valence-electron chi connectivity index (χ3n) is 1.95. The lowest BCUT2D eigenvalue weighted by Gasteiger charge is -1.95. The van der Waals surface area contributed by atoms with E-state index in [1.807, 2.05) is 0 Å². The molecule has 3 nitrogen and oxygen atoms in total. The Bertz CT molecular complexity index is 521. The summed E-state index contributed by atoms with van der Waals surface area (Å²) in [5.41, 5.74) is 0.669. The molecule has 0 spiro atoms. The highest BCUT2D eigenvalue weighted by atomic mass is 79.9. The second-order valence-corrected chi connectivity index (χ2v) is 3.67. The zero-order valence-electron chi connectivity index (χ0n) is 6.84. The van der Waals surface area contributed by atoms with E-state index in [4.69, 9.17) is 5.11 Å². The summed E-state index contributed by atoms with van der Waals surface area (Å²) in [5.74, 6) is -1.54. The zero-order chi connectivity index (χ0) is 10.3. The smallest absolute Gasteiger partial charge is 0.337 e. The number of benzene rings is 1. The van der Waals surface area contributed by atoms with E-state index in [2.05, 4.69) is 20.9 Å². The Hall–Kier alpha value is -1.36. The number of carbonyl (C=O) groups is 1. The Morgan fingerprint density at radius 3 is 2.86 bits per heavy atom. The van der Waals surface area contributed by atoms with E-state index in [0.717, 1.165) is 0 Å². The molecule has 1 aromatic heterocycles. The number of H-pyrrole nitrogens is 1. The highest BCUT2D eigenvalue weighted by Crippen LogP contribution is 2.25. The summed E-state index contributed by atoms with van der Waals surface area (Å²) in [6, 6.07) is 2.70. The Morgan fingerprint density at radius 2 is 2.21 bits per heavy atom. The number of rotatable bonds is 1. The predicted molar refractivity (Wildman–Crippen MR) is 52.9 cm³/mol. The molecule has 0 bridgehead atoms. The molecule has 0 saturated carbocycles. The average molecular weight is 258 g/mol. The van der Waals surface area contributed by atoms with Crippen molar-refractivity contribution in [1.29, 1.82) is 0 Å². The topological polar surface area (TPSA) is 53.1 Å². The zero-order valence-corrected chi connectivity index (χ0v) is 8.43. The van der Waals surface area contributed by atoms with Crippen molar-refractivity contribution in [1.82, 2.24) is 4.98 Å².